The number of carbonyl (C=O) groups excluding carboxylic acids is 2. The van der Waals surface area contributed by atoms with Crippen molar-refractivity contribution in [3.05, 3.63) is 54.1 Å². The lowest BCUT2D eigenvalue weighted by Gasteiger charge is -2.10. The van der Waals surface area contributed by atoms with Gasteiger partial charge in [-0.1, -0.05) is 6.07 Å². The number of rotatable bonds is 8. The van der Waals surface area contributed by atoms with Gasteiger partial charge in [-0.15, -0.1) is 11.8 Å². The second-order valence-corrected chi connectivity index (χ2v) is 6.67. The van der Waals surface area contributed by atoms with Gasteiger partial charge in [0.2, 0.25) is 5.91 Å². The molecule has 0 spiro atoms. The number of benzene rings is 2. The standard InChI is InChI=1S/C19H19F3N2O3S/c1-2-27-15-6-8-16(9-7-15)28-11-17(25)24-14-5-3-4-13(10-14)18(26)23-12-19(20,21)22/h3-10H,2,11-12H2,1H3,(H,23,26)(H,24,25). The summed E-state index contributed by atoms with van der Waals surface area (Å²) in [5.41, 5.74) is 0.359. The molecule has 0 fully saturated rings. The van der Waals surface area contributed by atoms with Crippen molar-refractivity contribution in [2.45, 2.75) is 18.0 Å². The van der Waals surface area contributed by atoms with Crippen molar-refractivity contribution in [3.8, 4) is 5.75 Å². The number of alkyl halides is 3. The van der Waals surface area contributed by atoms with Crippen LogP contribution in [0.5, 0.6) is 5.75 Å². The fourth-order valence-corrected chi connectivity index (χ4v) is 2.86. The van der Waals surface area contributed by atoms with Crippen LogP contribution in [0.3, 0.4) is 0 Å². The third-order valence-electron chi connectivity index (χ3n) is 3.36. The summed E-state index contributed by atoms with van der Waals surface area (Å²) >= 11 is 1.32. The lowest BCUT2D eigenvalue weighted by Crippen LogP contribution is -2.33. The fraction of sp³-hybridized carbons (Fsp3) is 0.263. The van der Waals surface area contributed by atoms with Gasteiger partial charge in [0, 0.05) is 16.1 Å². The van der Waals surface area contributed by atoms with Crippen LogP contribution >= 0.6 is 11.8 Å². The van der Waals surface area contributed by atoms with Crippen molar-refractivity contribution in [2.75, 3.05) is 24.2 Å². The van der Waals surface area contributed by atoms with Crippen LogP contribution in [0.15, 0.2) is 53.4 Å². The molecule has 2 N–H and O–H groups in total. The maximum atomic E-state index is 12.2. The molecular formula is C19H19F3N2O3S. The van der Waals surface area contributed by atoms with Crippen LogP contribution in [0.4, 0.5) is 18.9 Å². The minimum atomic E-state index is -4.49. The lowest BCUT2D eigenvalue weighted by molar-refractivity contribution is -0.123. The van der Waals surface area contributed by atoms with Crippen molar-refractivity contribution < 1.29 is 27.5 Å². The minimum Gasteiger partial charge on any atom is -0.494 e. The van der Waals surface area contributed by atoms with E-state index in [1.807, 2.05) is 31.2 Å². The Labute approximate surface area is 164 Å². The van der Waals surface area contributed by atoms with Crippen LogP contribution in [0.1, 0.15) is 17.3 Å². The summed E-state index contributed by atoms with van der Waals surface area (Å²) in [6, 6.07) is 13.0. The van der Waals surface area contributed by atoms with Gasteiger partial charge in [-0.05, 0) is 49.4 Å². The Kier molecular flexibility index (Phi) is 7.74. The third kappa shape index (κ3) is 7.51. The number of carbonyl (C=O) groups is 2. The summed E-state index contributed by atoms with van der Waals surface area (Å²) in [7, 11) is 0. The molecule has 0 unspecified atom stereocenters. The third-order valence-corrected chi connectivity index (χ3v) is 4.37. The quantitative estimate of drug-likeness (QED) is 0.641. The Hall–Kier alpha value is -2.68. The number of anilines is 1. The van der Waals surface area contributed by atoms with E-state index in [2.05, 4.69) is 5.32 Å². The molecule has 0 aliphatic heterocycles. The molecule has 28 heavy (non-hydrogen) atoms. The van der Waals surface area contributed by atoms with Gasteiger partial charge >= 0.3 is 6.18 Å². The molecule has 5 nitrogen and oxygen atoms in total. The van der Waals surface area contributed by atoms with Gasteiger partial charge in [0.05, 0.1) is 12.4 Å². The lowest BCUT2D eigenvalue weighted by atomic mass is 10.2. The van der Waals surface area contributed by atoms with Crippen molar-refractivity contribution in [3.63, 3.8) is 0 Å². The topological polar surface area (TPSA) is 67.4 Å². The summed E-state index contributed by atoms with van der Waals surface area (Å²) in [6.45, 7) is 1.05. The van der Waals surface area contributed by atoms with Gasteiger partial charge < -0.3 is 15.4 Å². The fourth-order valence-electron chi connectivity index (χ4n) is 2.17. The van der Waals surface area contributed by atoms with E-state index in [0.717, 1.165) is 10.6 Å². The van der Waals surface area contributed by atoms with E-state index in [0.29, 0.717) is 12.3 Å². The van der Waals surface area contributed by atoms with Crippen LogP contribution in [0, 0.1) is 0 Å². The van der Waals surface area contributed by atoms with Gasteiger partial charge in [-0.3, -0.25) is 9.59 Å². The van der Waals surface area contributed by atoms with E-state index in [4.69, 9.17) is 4.74 Å². The Morgan fingerprint density at radius 3 is 2.46 bits per heavy atom. The van der Waals surface area contributed by atoms with E-state index < -0.39 is 18.6 Å². The number of hydrogen-bond donors (Lipinski definition) is 2. The first-order chi connectivity index (χ1) is 13.3. The van der Waals surface area contributed by atoms with Crippen molar-refractivity contribution in [1.82, 2.24) is 5.32 Å². The van der Waals surface area contributed by atoms with E-state index in [1.54, 1.807) is 11.4 Å². The molecule has 0 bridgehead atoms. The zero-order chi connectivity index (χ0) is 20.6. The maximum absolute atomic E-state index is 12.2. The zero-order valence-electron chi connectivity index (χ0n) is 15.0. The summed E-state index contributed by atoms with van der Waals surface area (Å²) in [6.07, 6.45) is -4.49. The molecule has 0 atom stereocenters. The van der Waals surface area contributed by atoms with Crippen LogP contribution in [0.2, 0.25) is 0 Å². The summed E-state index contributed by atoms with van der Waals surface area (Å²) in [5, 5.41) is 4.41. The average molecular weight is 412 g/mol. The van der Waals surface area contributed by atoms with E-state index in [-0.39, 0.29) is 17.2 Å². The molecular weight excluding hydrogens is 393 g/mol. The molecule has 2 amide bonds. The van der Waals surface area contributed by atoms with Crippen molar-refractivity contribution >= 4 is 29.3 Å². The maximum Gasteiger partial charge on any atom is 0.405 e. The van der Waals surface area contributed by atoms with Crippen molar-refractivity contribution in [1.29, 1.82) is 0 Å². The minimum absolute atomic E-state index is 0.0289. The molecule has 0 saturated heterocycles. The van der Waals surface area contributed by atoms with Gasteiger partial charge in [-0.2, -0.15) is 13.2 Å². The van der Waals surface area contributed by atoms with Crippen LogP contribution < -0.4 is 15.4 Å². The molecule has 2 aromatic rings. The number of amides is 2. The first-order valence-corrected chi connectivity index (χ1v) is 9.36. The second-order valence-electron chi connectivity index (χ2n) is 5.62. The normalized spacial score (nSPS) is 11.0. The van der Waals surface area contributed by atoms with Gasteiger partial charge in [0.15, 0.2) is 0 Å². The molecule has 0 saturated carbocycles. The molecule has 150 valence electrons. The highest BCUT2D eigenvalue weighted by molar-refractivity contribution is 8.00. The van der Waals surface area contributed by atoms with Crippen LogP contribution in [-0.4, -0.2) is 36.9 Å². The monoisotopic (exact) mass is 412 g/mol. The summed E-state index contributed by atoms with van der Waals surface area (Å²) < 4.78 is 41.9. The number of halogens is 3. The van der Waals surface area contributed by atoms with Crippen LogP contribution in [-0.2, 0) is 4.79 Å². The Morgan fingerprint density at radius 2 is 1.82 bits per heavy atom. The van der Waals surface area contributed by atoms with E-state index in [1.165, 1.54) is 30.0 Å². The molecule has 0 aromatic heterocycles. The predicted octanol–water partition coefficient (Wildman–Crippen LogP) is 4.11. The first kappa shape index (κ1) is 21.6. The molecule has 2 aromatic carbocycles. The summed E-state index contributed by atoms with van der Waals surface area (Å²) in [4.78, 5) is 24.8. The Morgan fingerprint density at radius 1 is 1.11 bits per heavy atom. The molecule has 0 heterocycles. The molecule has 2 rings (SSSR count). The SMILES string of the molecule is CCOc1ccc(SCC(=O)Nc2cccc(C(=O)NCC(F)(F)F)c2)cc1. The Bertz CT molecular complexity index is 811. The van der Waals surface area contributed by atoms with Gasteiger partial charge in [0.1, 0.15) is 12.3 Å². The van der Waals surface area contributed by atoms with E-state index >= 15 is 0 Å². The number of ether oxygens (including phenoxy) is 1. The van der Waals surface area contributed by atoms with E-state index in [9.17, 15) is 22.8 Å². The zero-order valence-corrected chi connectivity index (χ0v) is 15.8. The van der Waals surface area contributed by atoms with Crippen LogP contribution in [0.25, 0.3) is 0 Å². The number of hydrogen-bond acceptors (Lipinski definition) is 4. The van der Waals surface area contributed by atoms with Gasteiger partial charge in [-0.25, -0.2) is 0 Å². The first-order valence-electron chi connectivity index (χ1n) is 8.37. The number of nitrogens with one attached hydrogen (secondary N) is 2. The summed E-state index contributed by atoms with van der Waals surface area (Å²) in [5.74, 6) is -0.279. The highest BCUT2D eigenvalue weighted by Gasteiger charge is 2.27. The predicted molar refractivity (Wildman–Crippen MR) is 102 cm³/mol. The highest BCUT2D eigenvalue weighted by Crippen LogP contribution is 2.22. The Balaban J connectivity index is 1.87. The molecule has 0 radical (unpaired) electrons. The highest BCUT2D eigenvalue weighted by atomic mass is 32.2. The second kappa shape index (κ2) is 10.0. The molecule has 9 heteroatoms. The van der Waals surface area contributed by atoms with Crippen molar-refractivity contribution in [2.24, 2.45) is 0 Å². The smallest absolute Gasteiger partial charge is 0.405 e. The average Bonchev–Trinajstić information content (AvgIpc) is 2.65. The van der Waals surface area contributed by atoms with Gasteiger partial charge in [0.25, 0.3) is 5.91 Å². The largest absolute Gasteiger partial charge is 0.494 e. The number of thioether (sulfide) groups is 1. The molecule has 0 aliphatic rings. The molecule has 0 aliphatic carbocycles.